The molecule has 2 aromatic carbocycles. The molecule has 0 radical (unpaired) electrons. The molecule has 156 valence electrons. The van der Waals surface area contributed by atoms with Crippen molar-refractivity contribution in [3.8, 4) is 5.75 Å². The molecule has 0 fully saturated rings. The Kier molecular flexibility index (Phi) is 7.08. The van der Waals surface area contributed by atoms with Crippen molar-refractivity contribution in [2.75, 3.05) is 12.5 Å². The standard InChI is InChI=1S/C20H22F3N3O3/c1-12(2)17(24-18(27)13-8-10-14(29-3)11-9-13)19(28)26-25-16-7-5-4-6-15(16)20(21,22)23/h4-12,17,25H,1-3H3,(H,24,27)(H,26,28). The quantitative estimate of drug-likeness (QED) is 0.611. The summed E-state index contributed by atoms with van der Waals surface area (Å²) in [5, 5.41) is 2.60. The van der Waals surface area contributed by atoms with E-state index in [2.05, 4.69) is 16.2 Å². The molecule has 2 aromatic rings. The highest BCUT2D eigenvalue weighted by Gasteiger charge is 2.33. The largest absolute Gasteiger partial charge is 0.497 e. The lowest BCUT2D eigenvalue weighted by molar-refractivity contribution is -0.137. The van der Waals surface area contributed by atoms with Gasteiger partial charge in [-0.25, -0.2) is 0 Å². The van der Waals surface area contributed by atoms with Gasteiger partial charge in [-0.1, -0.05) is 26.0 Å². The number of hydrazine groups is 1. The number of anilines is 1. The van der Waals surface area contributed by atoms with E-state index in [1.165, 1.54) is 25.3 Å². The first-order valence-corrected chi connectivity index (χ1v) is 8.80. The first kappa shape index (κ1) is 22.1. The number of carbonyl (C=O) groups is 2. The normalized spacial score (nSPS) is 12.2. The average molecular weight is 409 g/mol. The van der Waals surface area contributed by atoms with Gasteiger partial charge in [-0.15, -0.1) is 0 Å². The van der Waals surface area contributed by atoms with Crippen molar-refractivity contribution in [3.63, 3.8) is 0 Å². The molecule has 0 bridgehead atoms. The number of ether oxygens (including phenoxy) is 1. The third-order valence-corrected chi connectivity index (χ3v) is 4.14. The zero-order chi connectivity index (χ0) is 21.6. The highest BCUT2D eigenvalue weighted by molar-refractivity contribution is 5.97. The van der Waals surface area contributed by atoms with Crippen molar-refractivity contribution in [2.24, 2.45) is 5.92 Å². The molecule has 29 heavy (non-hydrogen) atoms. The molecule has 2 rings (SSSR count). The maximum absolute atomic E-state index is 13.1. The van der Waals surface area contributed by atoms with Crippen molar-refractivity contribution >= 4 is 17.5 Å². The molecule has 6 nitrogen and oxygen atoms in total. The van der Waals surface area contributed by atoms with Gasteiger partial charge in [0.05, 0.1) is 18.4 Å². The zero-order valence-electron chi connectivity index (χ0n) is 16.1. The Hall–Kier alpha value is -3.23. The number of methoxy groups -OCH3 is 1. The molecule has 0 saturated heterocycles. The van der Waals surface area contributed by atoms with Gasteiger partial charge < -0.3 is 10.1 Å². The fraction of sp³-hybridized carbons (Fsp3) is 0.300. The smallest absolute Gasteiger partial charge is 0.418 e. The van der Waals surface area contributed by atoms with Gasteiger partial charge in [0, 0.05) is 5.56 Å². The van der Waals surface area contributed by atoms with Crippen LogP contribution in [0, 0.1) is 5.92 Å². The second-order valence-corrected chi connectivity index (χ2v) is 6.58. The first-order valence-electron chi connectivity index (χ1n) is 8.80. The van der Waals surface area contributed by atoms with Gasteiger partial charge in [0.2, 0.25) is 0 Å². The third kappa shape index (κ3) is 5.87. The van der Waals surface area contributed by atoms with Crippen molar-refractivity contribution in [1.29, 1.82) is 0 Å². The maximum atomic E-state index is 13.1. The van der Waals surface area contributed by atoms with Gasteiger partial charge in [0.15, 0.2) is 0 Å². The van der Waals surface area contributed by atoms with E-state index < -0.39 is 29.6 Å². The Bertz CT molecular complexity index is 852. The lowest BCUT2D eigenvalue weighted by atomic mass is 10.0. The van der Waals surface area contributed by atoms with E-state index in [9.17, 15) is 22.8 Å². The van der Waals surface area contributed by atoms with E-state index in [1.54, 1.807) is 38.1 Å². The lowest BCUT2D eigenvalue weighted by Crippen LogP contribution is -2.51. The predicted molar refractivity (Wildman–Crippen MR) is 102 cm³/mol. The van der Waals surface area contributed by atoms with Gasteiger partial charge in [-0.3, -0.25) is 20.4 Å². The number of hydrogen-bond acceptors (Lipinski definition) is 4. The Morgan fingerprint density at radius 2 is 1.62 bits per heavy atom. The number of amides is 2. The molecule has 0 spiro atoms. The summed E-state index contributed by atoms with van der Waals surface area (Å²) in [6, 6.07) is 10.1. The van der Waals surface area contributed by atoms with E-state index in [0.29, 0.717) is 11.3 Å². The Morgan fingerprint density at radius 1 is 1.00 bits per heavy atom. The highest BCUT2D eigenvalue weighted by Crippen LogP contribution is 2.34. The van der Waals surface area contributed by atoms with Gasteiger partial charge in [-0.05, 0) is 42.3 Å². The number of alkyl halides is 3. The van der Waals surface area contributed by atoms with Crippen LogP contribution in [0.3, 0.4) is 0 Å². The summed E-state index contributed by atoms with van der Waals surface area (Å²) in [4.78, 5) is 24.9. The number of para-hydroxylation sites is 1. The third-order valence-electron chi connectivity index (χ3n) is 4.14. The van der Waals surface area contributed by atoms with Crippen molar-refractivity contribution in [1.82, 2.24) is 10.7 Å². The van der Waals surface area contributed by atoms with Crippen LogP contribution in [0.1, 0.15) is 29.8 Å². The number of halogens is 3. The van der Waals surface area contributed by atoms with Crippen LogP contribution < -0.4 is 20.9 Å². The zero-order valence-corrected chi connectivity index (χ0v) is 16.1. The van der Waals surface area contributed by atoms with Crippen LogP contribution in [0.25, 0.3) is 0 Å². The molecule has 0 saturated carbocycles. The van der Waals surface area contributed by atoms with Crippen molar-refractivity contribution in [3.05, 3.63) is 59.7 Å². The fourth-order valence-electron chi connectivity index (χ4n) is 2.55. The minimum atomic E-state index is -4.58. The van der Waals surface area contributed by atoms with Gasteiger partial charge in [0.1, 0.15) is 11.8 Å². The van der Waals surface area contributed by atoms with Gasteiger partial charge in [0.25, 0.3) is 11.8 Å². The van der Waals surface area contributed by atoms with E-state index in [-0.39, 0.29) is 11.6 Å². The van der Waals surface area contributed by atoms with Gasteiger partial charge >= 0.3 is 6.18 Å². The number of nitrogens with one attached hydrogen (secondary N) is 3. The van der Waals surface area contributed by atoms with Crippen LogP contribution in [0.4, 0.5) is 18.9 Å². The SMILES string of the molecule is COc1ccc(C(=O)NC(C(=O)NNc2ccccc2C(F)(F)F)C(C)C)cc1. The molecule has 0 aliphatic carbocycles. The number of hydrogen-bond donors (Lipinski definition) is 3. The minimum absolute atomic E-state index is 0.294. The van der Waals surface area contributed by atoms with Crippen LogP contribution >= 0.6 is 0 Å². The second-order valence-electron chi connectivity index (χ2n) is 6.58. The van der Waals surface area contributed by atoms with Crippen molar-refractivity contribution in [2.45, 2.75) is 26.1 Å². The summed E-state index contributed by atoms with van der Waals surface area (Å²) in [5.74, 6) is -0.889. The van der Waals surface area contributed by atoms with Crippen LogP contribution in [0.15, 0.2) is 48.5 Å². The molecule has 1 atom stereocenters. The van der Waals surface area contributed by atoms with Crippen LogP contribution in [0.5, 0.6) is 5.75 Å². The average Bonchev–Trinajstić information content (AvgIpc) is 2.69. The van der Waals surface area contributed by atoms with E-state index in [1.807, 2.05) is 0 Å². The molecule has 1 unspecified atom stereocenters. The summed E-state index contributed by atoms with van der Waals surface area (Å²) < 4.78 is 44.2. The molecular formula is C20H22F3N3O3. The van der Waals surface area contributed by atoms with E-state index in [0.717, 1.165) is 6.07 Å². The summed E-state index contributed by atoms with van der Waals surface area (Å²) in [5.41, 5.74) is 3.65. The molecule has 3 N–H and O–H groups in total. The number of benzene rings is 2. The fourth-order valence-corrected chi connectivity index (χ4v) is 2.55. The topological polar surface area (TPSA) is 79.5 Å². The molecule has 2 amide bonds. The monoisotopic (exact) mass is 409 g/mol. The van der Waals surface area contributed by atoms with Crippen molar-refractivity contribution < 1.29 is 27.5 Å². The molecule has 9 heteroatoms. The van der Waals surface area contributed by atoms with Crippen LogP contribution in [-0.2, 0) is 11.0 Å². The first-order chi connectivity index (χ1) is 13.6. The highest BCUT2D eigenvalue weighted by atomic mass is 19.4. The molecular weight excluding hydrogens is 387 g/mol. The molecule has 0 heterocycles. The molecule has 0 aliphatic heterocycles. The van der Waals surface area contributed by atoms with E-state index in [4.69, 9.17) is 4.74 Å². The number of carbonyl (C=O) groups excluding carboxylic acids is 2. The summed E-state index contributed by atoms with van der Waals surface area (Å²) >= 11 is 0. The molecule has 0 aliphatic rings. The second kappa shape index (κ2) is 9.31. The Balaban J connectivity index is 2.07. The maximum Gasteiger partial charge on any atom is 0.418 e. The van der Waals surface area contributed by atoms with Crippen LogP contribution in [0.2, 0.25) is 0 Å². The summed E-state index contributed by atoms with van der Waals surface area (Å²) in [6.07, 6.45) is -4.58. The molecule has 0 aromatic heterocycles. The Labute approximate surface area is 166 Å². The Morgan fingerprint density at radius 3 is 2.17 bits per heavy atom. The van der Waals surface area contributed by atoms with Gasteiger partial charge in [-0.2, -0.15) is 13.2 Å². The van der Waals surface area contributed by atoms with E-state index >= 15 is 0 Å². The lowest BCUT2D eigenvalue weighted by Gasteiger charge is -2.23. The number of rotatable bonds is 7. The predicted octanol–water partition coefficient (Wildman–Crippen LogP) is 3.61. The summed E-state index contributed by atoms with van der Waals surface area (Å²) in [7, 11) is 1.50. The summed E-state index contributed by atoms with van der Waals surface area (Å²) in [6.45, 7) is 3.42. The minimum Gasteiger partial charge on any atom is -0.497 e. The van der Waals surface area contributed by atoms with Crippen LogP contribution in [-0.4, -0.2) is 25.0 Å².